The molecule has 0 saturated heterocycles. The third-order valence-electron chi connectivity index (χ3n) is 3.90. The summed E-state index contributed by atoms with van der Waals surface area (Å²) in [7, 11) is 0. The number of nitrogens with zero attached hydrogens (tertiary/aromatic N) is 1. The predicted octanol–water partition coefficient (Wildman–Crippen LogP) is 3.47. The average Bonchev–Trinajstić information content (AvgIpc) is 2.59. The number of hydrogen-bond acceptors (Lipinski definition) is 1. The van der Waals surface area contributed by atoms with Gasteiger partial charge in [-0.25, -0.2) is 0 Å². The number of hydrogen-bond donors (Lipinski definition) is 1. The lowest BCUT2D eigenvalue weighted by Gasteiger charge is -2.23. The molecule has 0 radical (unpaired) electrons. The molecule has 2 heteroatoms. The van der Waals surface area contributed by atoms with Gasteiger partial charge in [0.1, 0.15) is 0 Å². The molecule has 0 bridgehead atoms. The summed E-state index contributed by atoms with van der Waals surface area (Å²) in [6, 6.07) is 4.96. The summed E-state index contributed by atoms with van der Waals surface area (Å²) in [6.07, 6.45) is 2.59. The van der Waals surface area contributed by atoms with Crippen LogP contribution in [0.4, 0.5) is 0 Å². The van der Waals surface area contributed by atoms with Gasteiger partial charge in [-0.2, -0.15) is 0 Å². The van der Waals surface area contributed by atoms with Crippen molar-refractivity contribution in [2.75, 3.05) is 5.43 Å². The van der Waals surface area contributed by atoms with Crippen molar-refractivity contribution in [2.45, 2.75) is 53.5 Å². The maximum absolute atomic E-state index is 3.68. The van der Waals surface area contributed by atoms with Crippen molar-refractivity contribution >= 4 is 0 Å². The van der Waals surface area contributed by atoms with Gasteiger partial charge in [0, 0.05) is 17.4 Å². The van der Waals surface area contributed by atoms with Gasteiger partial charge in [0.05, 0.1) is 0 Å². The molecule has 1 aliphatic carbocycles. The highest BCUT2D eigenvalue weighted by Crippen LogP contribution is 2.41. The minimum atomic E-state index is 0.492. The smallest absolute Gasteiger partial charge is 0.0455 e. The molecule has 0 spiro atoms. The van der Waals surface area contributed by atoms with Crippen molar-refractivity contribution in [3.8, 4) is 0 Å². The van der Waals surface area contributed by atoms with Crippen LogP contribution in [0.25, 0.3) is 0 Å². The van der Waals surface area contributed by atoms with E-state index in [9.17, 15) is 0 Å². The zero-order valence-electron chi connectivity index (χ0n) is 11.2. The van der Waals surface area contributed by atoms with Crippen LogP contribution in [0.5, 0.6) is 0 Å². The van der Waals surface area contributed by atoms with Gasteiger partial charge in [0.2, 0.25) is 0 Å². The fourth-order valence-corrected chi connectivity index (χ4v) is 3.10. The first-order valence-electron chi connectivity index (χ1n) is 6.30. The molecule has 2 unspecified atom stereocenters. The summed E-state index contributed by atoms with van der Waals surface area (Å²) >= 11 is 0. The Morgan fingerprint density at radius 2 is 1.75 bits per heavy atom. The number of aryl methyl sites for hydroxylation is 2. The van der Waals surface area contributed by atoms with Crippen molar-refractivity contribution in [1.29, 1.82) is 0 Å². The summed E-state index contributed by atoms with van der Waals surface area (Å²) in [5, 5.41) is 0. The van der Waals surface area contributed by atoms with Crippen LogP contribution in [0.1, 0.15) is 45.0 Å². The minimum Gasteiger partial charge on any atom is -0.323 e. The Hall–Kier alpha value is -0.920. The molecule has 0 amide bonds. The average molecular weight is 220 g/mol. The van der Waals surface area contributed by atoms with E-state index in [1.54, 1.807) is 0 Å². The van der Waals surface area contributed by atoms with Gasteiger partial charge in [-0.3, -0.25) is 4.68 Å². The molecule has 1 N–H and O–H groups in total. The second-order valence-electron chi connectivity index (χ2n) is 6.24. The lowest BCUT2D eigenvalue weighted by Crippen LogP contribution is -2.31. The third kappa shape index (κ3) is 2.11. The molecular weight excluding hydrogens is 196 g/mol. The highest BCUT2D eigenvalue weighted by atomic mass is 15.4. The van der Waals surface area contributed by atoms with Crippen LogP contribution < -0.4 is 5.43 Å². The Balaban J connectivity index is 2.11. The summed E-state index contributed by atoms with van der Waals surface area (Å²) in [5.41, 5.74) is 6.77. The number of nitrogens with one attached hydrogen (secondary N) is 1. The topological polar surface area (TPSA) is 17.0 Å². The molecule has 1 aliphatic rings. The molecule has 2 rings (SSSR count). The Labute approximate surface area is 99.0 Å². The van der Waals surface area contributed by atoms with Crippen molar-refractivity contribution in [1.82, 2.24) is 4.68 Å². The van der Waals surface area contributed by atoms with Crippen molar-refractivity contribution in [3.63, 3.8) is 0 Å². The zero-order valence-corrected chi connectivity index (χ0v) is 11.2. The normalized spacial score (nSPS) is 28.3. The lowest BCUT2D eigenvalue weighted by atomic mass is 9.91. The van der Waals surface area contributed by atoms with E-state index in [1.807, 2.05) is 0 Å². The van der Waals surface area contributed by atoms with Gasteiger partial charge in [-0.05, 0) is 50.2 Å². The fourth-order valence-electron chi connectivity index (χ4n) is 3.10. The third-order valence-corrected chi connectivity index (χ3v) is 3.90. The highest BCUT2D eigenvalue weighted by molar-refractivity contribution is 5.16. The summed E-state index contributed by atoms with van der Waals surface area (Å²) in [6.45, 7) is 11.4. The fraction of sp³-hybridized carbons (Fsp3) is 0.714. The molecule has 16 heavy (non-hydrogen) atoms. The highest BCUT2D eigenvalue weighted by Gasteiger charge is 2.36. The van der Waals surface area contributed by atoms with Crippen LogP contribution in [0.15, 0.2) is 12.1 Å². The largest absolute Gasteiger partial charge is 0.323 e. The van der Waals surface area contributed by atoms with Crippen molar-refractivity contribution < 1.29 is 0 Å². The van der Waals surface area contributed by atoms with E-state index in [0.717, 1.165) is 5.92 Å². The zero-order chi connectivity index (χ0) is 11.9. The Kier molecular flexibility index (Phi) is 2.77. The van der Waals surface area contributed by atoms with Crippen LogP contribution in [-0.4, -0.2) is 10.7 Å². The molecule has 2 nitrogen and oxygen atoms in total. The Morgan fingerprint density at radius 3 is 2.19 bits per heavy atom. The molecule has 90 valence electrons. The first-order valence-corrected chi connectivity index (χ1v) is 6.30. The summed E-state index contributed by atoms with van der Waals surface area (Å²) in [5.74, 6) is 0.760. The van der Waals surface area contributed by atoms with Gasteiger partial charge in [0.25, 0.3) is 0 Å². The monoisotopic (exact) mass is 220 g/mol. The van der Waals surface area contributed by atoms with E-state index in [0.29, 0.717) is 11.5 Å². The van der Waals surface area contributed by atoms with Gasteiger partial charge in [-0.1, -0.05) is 20.8 Å². The molecule has 1 fully saturated rings. The van der Waals surface area contributed by atoms with Gasteiger partial charge in [0.15, 0.2) is 0 Å². The standard InChI is InChI=1S/C14H24N2/c1-10-8-14(4,5)9-13(10)15-16-11(2)6-7-12(16)3/h6-7,10,13,15H,8-9H2,1-5H3. The SMILES string of the molecule is Cc1ccc(C)n1NC1CC(C)(C)CC1C. The summed E-state index contributed by atoms with van der Waals surface area (Å²) < 4.78 is 2.24. The quantitative estimate of drug-likeness (QED) is 0.807. The van der Waals surface area contributed by atoms with Gasteiger partial charge < -0.3 is 5.43 Å². The van der Waals surface area contributed by atoms with Crippen LogP contribution in [0, 0.1) is 25.2 Å². The second kappa shape index (κ2) is 3.83. The molecule has 1 aromatic heterocycles. The maximum atomic E-state index is 3.68. The molecule has 1 saturated carbocycles. The molecular formula is C14H24N2. The Bertz CT molecular complexity index is 357. The lowest BCUT2D eigenvalue weighted by molar-refractivity contribution is 0.365. The van der Waals surface area contributed by atoms with Crippen molar-refractivity contribution in [3.05, 3.63) is 23.5 Å². The predicted molar refractivity (Wildman–Crippen MR) is 69.2 cm³/mol. The van der Waals surface area contributed by atoms with E-state index >= 15 is 0 Å². The van der Waals surface area contributed by atoms with Crippen LogP contribution in [0.2, 0.25) is 0 Å². The first kappa shape index (κ1) is 11.6. The van der Waals surface area contributed by atoms with Crippen LogP contribution in [0.3, 0.4) is 0 Å². The van der Waals surface area contributed by atoms with Gasteiger partial charge in [-0.15, -0.1) is 0 Å². The van der Waals surface area contributed by atoms with E-state index in [4.69, 9.17) is 0 Å². The second-order valence-corrected chi connectivity index (χ2v) is 6.24. The molecule has 2 atom stereocenters. The van der Waals surface area contributed by atoms with E-state index in [1.165, 1.54) is 24.2 Å². The van der Waals surface area contributed by atoms with Crippen LogP contribution >= 0.6 is 0 Å². The van der Waals surface area contributed by atoms with E-state index < -0.39 is 0 Å². The van der Waals surface area contributed by atoms with Crippen molar-refractivity contribution in [2.24, 2.45) is 11.3 Å². The molecule has 0 aliphatic heterocycles. The minimum absolute atomic E-state index is 0.492. The number of aromatic nitrogens is 1. The van der Waals surface area contributed by atoms with Gasteiger partial charge >= 0.3 is 0 Å². The molecule has 1 aromatic rings. The maximum Gasteiger partial charge on any atom is 0.0455 e. The van der Waals surface area contributed by atoms with E-state index in [-0.39, 0.29) is 0 Å². The molecule has 1 heterocycles. The van der Waals surface area contributed by atoms with Crippen LogP contribution in [-0.2, 0) is 0 Å². The first-order chi connectivity index (χ1) is 7.39. The molecule has 0 aromatic carbocycles. The Morgan fingerprint density at radius 1 is 1.19 bits per heavy atom. The summed E-state index contributed by atoms with van der Waals surface area (Å²) in [4.78, 5) is 0. The van der Waals surface area contributed by atoms with E-state index in [2.05, 4.69) is 56.9 Å². The number of rotatable bonds is 2.